The number of amides is 1. The fourth-order valence-electron chi connectivity index (χ4n) is 3.48. The number of aromatic nitrogens is 1. The molecule has 1 fully saturated rings. The lowest BCUT2D eigenvalue weighted by Crippen LogP contribution is -2.44. The van der Waals surface area contributed by atoms with E-state index < -0.39 is 0 Å². The zero-order chi connectivity index (χ0) is 21.8. The van der Waals surface area contributed by atoms with Gasteiger partial charge in [0.25, 0.3) is 5.91 Å². The van der Waals surface area contributed by atoms with Gasteiger partial charge in [-0.3, -0.25) is 14.6 Å². The van der Waals surface area contributed by atoms with Crippen molar-refractivity contribution >= 4 is 56.6 Å². The molecule has 0 atom stereocenters. The molecule has 1 amide bonds. The zero-order valence-corrected chi connectivity index (χ0v) is 20.6. The zero-order valence-electron chi connectivity index (χ0n) is 18.2. The van der Waals surface area contributed by atoms with Crippen molar-refractivity contribution in [2.24, 2.45) is 0 Å². The Bertz CT molecular complexity index is 1050. The Morgan fingerprint density at radius 2 is 1.91 bits per heavy atom. The van der Waals surface area contributed by atoms with Crippen molar-refractivity contribution in [3.63, 3.8) is 0 Å². The first kappa shape index (κ1) is 24.7. The maximum atomic E-state index is 13.2. The van der Waals surface area contributed by atoms with E-state index in [2.05, 4.69) is 30.9 Å². The largest absolute Gasteiger partial charge is 0.484 e. The molecule has 1 aromatic heterocycles. The fraction of sp³-hybridized carbons (Fsp3) is 0.391. The van der Waals surface area contributed by atoms with Crippen LogP contribution in [0.5, 0.6) is 5.75 Å². The third-order valence-electron chi connectivity index (χ3n) is 5.52. The average molecular weight is 496 g/mol. The summed E-state index contributed by atoms with van der Waals surface area (Å²) in [5.74, 6) is 0.498. The van der Waals surface area contributed by atoms with Crippen LogP contribution in [0.3, 0.4) is 0 Å². The second kappa shape index (κ2) is 11.3. The number of halogens is 2. The topological polar surface area (TPSA) is 54.9 Å². The van der Waals surface area contributed by atoms with Gasteiger partial charge in [0.05, 0.1) is 23.4 Å². The van der Waals surface area contributed by atoms with Crippen LogP contribution in [0.4, 0.5) is 5.13 Å². The maximum absolute atomic E-state index is 13.2. The highest BCUT2D eigenvalue weighted by Crippen LogP contribution is 2.32. The van der Waals surface area contributed by atoms with Gasteiger partial charge in [0.2, 0.25) is 0 Å². The number of hydrogen-bond donors (Lipinski definition) is 0. The summed E-state index contributed by atoms with van der Waals surface area (Å²) in [4.78, 5) is 22.1. The molecule has 0 radical (unpaired) electrons. The molecule has 6 nitrogen and oxygen atoms in total. The van der Waals surface area contributed by atoms with Gasteiger partial charge in [-0.1, -0.05) is 29.0 Å². The van der Waals surface area contributed by atoms with Crippen LogP contribution in [0.25, 0.3) is 10.2 Å². The fourth-order valence-corrected chi connectivity index (χ4v) is 4.67. The average Bonchev–Trinajstić information content (AvgIpc) is 3.21. The van der Waals surface area contributed by atoms with Crippen LogP contribution in [0.15, 0.2) is 36.4 Å². The molecule has 0 N–H and O–H groups in total. The maximum Gasteiger partial charge on any atom is 0.266 e. The van der Waals surface area contributed by atoms with Crippen LogP contribution >= 0.6 is 35.3 Å². The smallest absolute Gasteiger partial charge is 0.266 e. The van der Waals surface area contributed by atoms with E-state index >= 15 is 0 Å². The third-order valence-corrected chi connectivity index (χ3v) is 6.82. The first-order valence-corrected chi connectivity index (χ1v) is 11.6. The number of carbonyl (C=O) groups is 1. The van der Waals surface area contributed by atoms with Gasteiger partial charge in [-0.25, -0.2) is 4.98 Å². The molecule has 0 aliphatic carbocycles. The van der Waals surface area contributed by atoms with Crippen molar-refractivity contribution in [1.82, 2.24) is 9.88 Å². The molecule has 9 heteroatoms. The molecule has 172 valence electrons. The number of benzene rings is 2. The number of morpholine rings is 1. The van der Waals surface area contributed by atoms with E-state index in [0.717, 1.165) is 48.6 Å². The van der Waals surface area contributed by atoms with E-state index in [-0.39, 0.29) is 24.9 Å². The number of ether oxygens (including phenoxy) is 2. The Morgan fingerprint density at radius 1 is 1.19 bits per heavy atom. The van der Waals surface area contributed by atoms with Crippen molar-refractivity contribution in [1.29, 1.82) is 0 Å². The van der Waals surface area contributed by atoms with E-state index in [1.165, 1.54) is 5.56 Å². The van der Waals surface area contributed by atoms with Crippen LogP contribution in [-0.4, -0.2) is 61.8 Å². The quantitative estimate of drug-likeness (QED) is 0.474. The van der Waals surface area contributed by atoms with E-state index in [0.29, 0.717) is 22.4 Å². The Balaban J connectivity index is 0.00000289. The number of carbonyl (C=O) groups excluding carboxylic acids is 1. The molecule has 1 saturated heterocycles. The van der Waals surface area contributed by atoms with E-state index in [1.807, 2.05) is 0 Å². The lowest BCUT2D eigenvalue weighted by molar-refractivity contribution is -0.120. The lowest BCUT2D eigenvalue weighted by Gasteiger charge is -2.29. The summed E-state index contributed by atoms with van der Waals surface area (Å²) >= 11 is 7.48. The number of fused-ring (bicyclic) bond motifs is 1. The highest BCUT2D eigenvalue weighted by atomic mass is 35.5. The van der Waals surface area contributed by atoms with Crippen LogP contribution in [0, 0.1) is 13.8 Å². The highest BCUT2D eigenvalue weighted by molar-refractivity contribution is 7.22. The molecular formula is C23H27Cl2N3O3S. The van der Waals surface area contributed by atoms with Gasteiger partial charge in [0, 0.05) is 31.2 Å². The summed E-state index contributed by atoms with van der Waals surface area (Å²) in [6, 6.07) is 11.2. The van der Waals surface area contributed by atoms with E-state index in [9.17, 15) is 4.79 Å². The first-order valence-electron chi connectivity index (χ1n) is 10.4. The molecule has 2 heterocycles. The number of thiazole rings is 1. The number of hydrogen-bond acceptors (Lipinski definition) is 6. The Labute approximate surface area is 203 Å². The predicted molar refractivity (Wildman–Crippen MR) is 133 cm³/mol. The van der Waals surface area contributed by atoms with Crippen LogP contribution in [0.2, 0.25) is 5.02 Å². The molecule has 0 saturated carbocycles. The molecule has 0 unspecified atom stereocenters. The third kappa shape index (κ3) is 5.91. The minimum Gasteiger partial charge on any atom is -0.484 e. The Kier molecular flexibility index (Phi) is 8.73. The van der Waals surface area contributed by atoms with E-state index in [4.69, 9.17) is 26.1 Å². The van der Waals surface area contributed by atoms with Crippen LogP contribution in [-0.2, 0) is 9.53 Å². The summed E-state index contributed by atoms with van der Waals surface area (Å²) in [6.45, 7) is 8.63. The van der Waals surface area contributed by atoms with Crippen molar-refractivity contribution in [2.45, 2.75) is 13.8 Å². The highest BCUT2D eigenvalue weighted by Gasteiger charge is 2.22. The number of anilines is 1. The van der Waals surface area contributed by atoms with E-state index in [1.54, 1.807) is 40.5 Å². The minimum atomic E-state index is -0.114. The summed E-state index contributed by atoms with van der Waals surface area (Å²) in [7, 11) is 0. The molecule has 4 rings (SSSR count). The Morgan fingerprint density at radius 3 is 2.62 bits per heavy atom. The SMILES string of the molecule is Cc1ccc2sc(N(CCN3CCOCC3)C(=O)COc3ccc(Cl)cc3)nc2c1C.Cl. The summed E-state index contributed by atoms with van der Waals surface area (Å²) < 4.78 is 12.2. The van der Waals surface area contributed by atoms with Gasteiger partial charge in [-0.2, -0.15) is 0 Å². The second-order valence-electron chi connectivity index (χ2n) is 7.59. The summed E-state index contributed by atoms with van der Waals surface area (Å²) in [6.07, 6.45) is 0. The van der Waals surface area contributed by atoms with Gasteiger partial charge in [0.1, 0.15) is 5.75 Å². The summed E-state index contributed by atoms with van der Waals surface area (Å²) in [5, 5.41) is 1.34. The second-order valence-corrected chi connectivity index (χ2v) is 9.04. The minimum absolute atomic E-state index is 0. The predicted octanol–water partition coefficient (Wildman–Crippen LogP) is 4.73. The van der Waals surface area contributed by atoms with Gasteiger partial charge in [-0.05, 0) is 55.3 Å². The van der Waals surface area contributed by atoms with Gasteiger partial charge in [-0.15, -0.1) is 12.4 Å². The van der Waals surface area contributed by atoms with Gasteiger partial charge >= 0.3 is 0 Å². The van der Waals surface area contributed by atoms with Crippen LogP contribution < -0.4 is 9.64 Å². The first-order chi connectivity index (χ1) is 15.0. The summed E-state index contributed by atoms with van der Waals surface area (Å²) in [5.41, 5.74) is 3.31. The van der Waals surface area contributed by atoms with Crippen molar-refractivity contribution in [3.05, 3.63) is 52.5 Å². The Hall–Kier alpha value is -1.90. The molecule has 1 aliphatic rings. The van der Waals surface area contributed by atoms with Crippen LogP contribution in [0.1, 0.15) is 11.1 Å². The number of nitrogens with zero attached hydrogens (tertiary/aromatic N) is 3. The standard InChI is InChI=1S/C23H26ClN3O3S.ClH/c1-16-3-8-20-22(17(16)2)25-23(31-20)27(10-9-26-11-13-29-14-12-26)21(28)15-30-19-6-4-18(24)5-7-19;/h3-8H,9-15H2,1-2H3;1H. The molecule has 0 bridgehead atoms. The van der Waals surface area contributed by atoms with Crippen molar-refractivity contribution < 1.29 is 14.3 Å². The molecule has 2 aromatic carbocycles. The lowest BCUT2D eigenvalue weighted by atomic mass is 10.1. The van der Waals surface area contributed by atoms with Gasteiger partial charge < -0.3 is 9.47 Å². The van der Waals surface area contributed by atoms with Crippen molar-refractivity contribution in [3.8, 4) is 5.75 Å². The van der Waals surface area contributed by atoms with Crippen molar-refractivity contribution in [2.75, 3.05) is 50.9 Å². The molecular weight excluding hydrogens is 469 g/mol. The molecule has 3 aromatic rings. The monoisotopic (exact) mass is 495 g/mol. The van der Waals surface area contributed by atoms with Gasteiger partial charge in [0.15, 0.2) is 11.7 Å². The normalized spacial score (nSPS) is 14.2. The molecule has 32 heavy (non-hydrogen) atoms. The molecule has 0 spiro atoms. The number of rotatable bonds is 7. The number of aryl methyl sites for hydroxylation is 2. The molecule has 1 aliphatic heterocycles.